The molecular formula is C14H14N4O5S. The average molecular weight is 350 g/mol. The Balaban J connectivity index is 1.64. The third-order valence-corrected chi connectivity index (χ3v) is 6.45. The van der Waals surface area contributed by atoms with Crippen molar-refractivity contribution in [2.24, 2.45) is 5.92 Å². The number of anilines is 1. The normalized spacial score (nSPS) is 18.5. The Morgan fingerprint density at radius 2 is 2.04 bits per heavy atom. The van der Waals surface area contributed by atoms with Gasteiger partial charge < -0.3 is 5.32 Å². The van der Waals surface area contributed by atoms with Crippen LogP contribution in [0.4, 0.5) is 11.4 Å². The van der Waals surface area contributed by atoms with E-state index in [2.05, 4.69) is 5.32 Å². The lowest BCUT2D eigenvalue weighted by atomic mass is 10.0. The predicted octanol–water partition coefficient (Wildman–Crippen LogP) is 0.829. The summed E-state index contributed by atoms with van der Waals surface area (Å²) in [5.41, 5.74) is -0.0779. The zero-order valence-electron chi connectivity index (χ0n) is 12.5. The monoisotopic (exact) mass is 350 g/mol. The number of amides is 1. The maximum atomic E-state index is 12.2. The molecule has 2 fully saturated rings. The van der Waals surface area contributed by atoms with Crippen molar-refractivity contribution in [1.29, 1.82) is 5.26 Å². The molecule has 2 aliphatic rings. The van der Waals surface area contributed by atoms with Gasteiger partial charge in [0.2, 0.25) is 15.9 Å². The highest BCUT2D eigenvalue weighted by molar-refractivity contribution is 7.90. The lowest BCUT2D eigenvalue weighted by molar-refractivity contribution is -0.384. The highest BCUT2D eigenvalue weighted by atomic mass is 32.2. The van der Waals surface area contributed by atoms with Gasteiger partial charge in [0.15, 0.2) is 0 Å². The summed E-state index contributed by atoms with van der Waals surface area (Å²) >= 11 is 0. The van der Waals surface area contributed by atoms with E-state index in [1.165, 1.54) is 16.4 Å². The van der Waals surface area contributed by atoms with Crippen molar-refractivity contribution >= 4 is 27.3 Å². The number of benzene rings is 1. The van der Waals surface area contributed by atoms with Gasteiger partial charge in [-0.15, -0.1) is 0 Å². The number of nitriles is 1. The number of nitrogens with zero attached hydrogens (tertiary/aromatic N) is 3. The molecule has 0 radical (unpaired) electrons. The molecule has 24 heavy (non-hydrogen) atoms. The summed E-state index contributed by atoms with van der Waals surface area (Å²) < 4.78 is 25.3. The lowest BCUT2D eigenvalue weighted by Gasteiger charge is -2.37. The number of hydrogen-bond acceptors (Lipinski definition) is 6. The molecule has 1 saturated carbocycles. The van der Waals surface area contributed by atoms with Crippen LogP contribution in [0.1, 0.15) is 18.4 Å². The summed E-state index contributed by atoms with van der Waals surface area (Å²) in [6.07, 6.45) is 1.34. The summed E-state index contributed by atoms with van der Waals surface area (Å²) in [5, 5.41) is 22.0. The fraction of sp³-hybridized carbons (Fsp3) is 0.429. The molecule has 1 amide bonds. The number of rotatable bonds is 5. The van der Waals surface area contributed by atoms with Crippen LogP contribution in [0.3, 0.4) is 0 Å². The second-order valence-electron chi connectivity index (χ2n) is 5.85. The van der Waals surface area contributed by atoms with Gasteiger partial charge in [-0.1, -0.05) is 0 Å². The number of non-ortho nitro benzene ring substituents is 1. The van der Waals surface area contributed by atoms with Gasteiger partial charge in [-0.25, -0.2) is 8.42 Å². The van der Waals surface area contributed by atoms with Crippen molar-refractivity contribution < 1.29 is 18.1 Å². The molecule has 1 saturated heterocycles. The smallest absolute Gasteiger partial charge is 0.270 e. The molecule has 1 aromatic carbocycles. The van der Waals surface area contributed by atoms with Gasteiger partial charge in [0.1, 0.15) is 6.07 Å². The molecule has 0 atom stereocenters. The summed E-state index contributed by atoms with van der Waals surface area (Å²) in [4.78, 5) is 22.2. The maximum absolute atomic E-state index is 12.2. The van der Waals surface area contributed by atoms with Crippen LogP contribution < -0.4 is 5.32 Å². The third-order valence-electron chi connectivity index (χ3n) is 4.12. The topological polar surface area (TPSA) is 133 Å². The second kappa shape index (κ2) is 5.85. The quantitative estimate of drug-likeness (QED) is 0.617. The van der Waals surface area contributed by atoms with E-state index < -0.39 is 26.8 Å². The van der Waals surface area contributed by atoms with Crippen molar-refractivity contribution in [1.82, 2.24) is 4.31 Å². The van der Waals surface area contributed by atoms with Crippen LogP contribution in [0.15, 0.2) is 18.2 Å². The van der Waals surface area contributed by atoms with E-state index in [4.69, 9.17) is 5.26 Å². The lowest BCUT2D eigenvalue weighted by Crippen LogP contribution is -2.55. The van der Waals surface area contributed by atoms with Gasteiger partial charge in [-0.3, -0.25) is 14.9 Å². The molecule has 1 aromatic rings. The Hall–Kier alpha value is -2.51. The van der Waals surface area contributed by atoms with Crippen molar-refractivity contribution in [3.63, 3.8) is 0 Å². The van der Waals surface area contributed by atoms with Gasteiger partial charge in [-0.05, 0) is 18.9 Å². The van der Waals surface area contributed by atoms with Gasteiger partial charge in [0.25, 0.3) is 5.69 Å². The highest BCUT2D eigenvalue weighted by Crippen LogP contribution is 2.34. The van der Waals surface area contributed by atoms with Crippen LogP contribution in [0, 0.1) is 27.4 Å². The number of sulfonamides is 1. The number of carbonyl (C=O) groups is 1. The number of hydrogen-bond donors (Lipinski definition) is 1. The Morgan fingerprint density at radius 3 is 2.58 bits per heavy atom. The van der Waals surface area contributed by atoms with E-state index in [0.717, 1.165) is 6.07 Å². The van der Waals surface area contributed by atoms with Gasteiger partial charge >= 0.3 is 0 Å². The van der Waals surface area contributed by atoms with E-state index in [0.29, 0.717) is 12.8 Å². The van der Waals surface area contributed by atoms with Crippen molar-refractivity contribution in [3.8, 4) is 6.07 Å². The Bertz CT molecular complexity index is 850. The third kappa shape index (κ3) is 2.95. The first kappa shape index (κ1) is 16.4. The number of nitro benzene ring substituents is 1. The van der Waals surface area contributed by atoms with E-state index >= 15 is 0 Å². The van der Waals surface area contributed by atoms with Gasteiger partial charge in [-0.2, -0.15) is 9.57 Å². The van der Waals surface area contributed by atoms with Crippen LogP contribution in [0.25, 0.3) is 0 Å². The summed E-state index contributed by atoms with van der Waals surface area (Å²) in [7, 11) is -3.27. The average Bonchev–Trinajstić information content (AvgIpc) is 3.30. The molecule has 1 N–H and O–H groups in total. The Kier molecular flexibility index (Phi) is 3.98. The maximum Gasteiger partial charge on any atom is 0.270 e. The van der Waals surface area contributed by atoms with Crippen molar-refractivity contribution in [2.75, 3.05) is 18.4 Å². The second-order valence-corrected chi connectivity index (χ2v) is 8.06. The van der Waals surface area contributed by atoms with E-state index in [9.17, 15) is 23.3 Å². The molecule has 10 heteroatoms. The first-order valence-electron chi connectivity index (χ1n) is 7.31. The molecule has 0 bridgehead atoms. The van der Waals surface area contributed by atoms with E-state index in [1.807, 2.05) is 0 Å². The molecule has 1 heterocycles. The summed E-state index contributed by atoms with van der Waals surface area (Å²) in [6.45, 7) is 0.249. The fourth-order valence-electron chi connectivity index (χ4n) is 2.47. The minimum absolute atomic E-state index is 0.0145. The van der Waals surface area contributed by atoms with Crippen LogP contribution in [-0.4, -0.2) is 41.9 Å². The molecule has 9 nitrogen and oxygen atoms in total. The molecule has 1 aliphatic carbocycles. The first-order valence-corrected chi connectivity index (χ1v) is 8.81. The van der Waals surface area contributed by atoms with Crippen LogP contribution in [0.5, 0.6) is 0 Å². The molecule has 0 aromatic heterocycles. The number of nitrogens with one attached hydrogen (secondary N) is 1. The molecular weight excluding hydrogens is 336 g/mol. The molecule has 3 rings (SSSR count). The largest absolute Gasteiger partial charge is 0.325 e. The zero-order chi connectivity index (χ0) is 17.5. The molecule has 1 aliphatic heterocycles. The Labute approximate surface area is 138 Å². The van der Waals surface area contributed by atoms with Gasteiger partial charge in [0.05, 0.1) is 27.3 Å². The fourth-order valence-corrected chi connectivity index (χ4v) is 4.40. The molecule has 0 spiro atoms. The van der Waals surface area contributed by atoms with Gasteiger partial charge in [0, 0.05) is 25.2 Å². The molecule has 0 unspecified atom stereocenters. The van der Waals surface area contributed by atoms with Crippen molar-refractivity contribution in [3.05, 3.63) is 33.9 Å². The van der Waals surface area contributed by atoms with Crippen LogP contribution in [0.2, 0.25) is 0 Å². The summed E-state index contributed by atoms with van der Waals surface area (Å²) in [6, 6.07) is 5.38. The number of carbonyl (C=O) groups excluding carboxylic acids is 1. The van der Waals surface area contributed by atoms with Crippen LogP contribution in [-0.2, 0) is 14.8 Å². The first-order chi connectivity index (χ1) is 11.3. The van der Waals surface area contributed by atoms with E-state index in [-0.39, 0.29) is 35.3 Å². The number of nitro groups is 1. The highest BCUT2D eigenvalue weighted by Gasteiger charge is 2.46. The predicted molar refractivity (Wildman–Crippen MR) is 83.4 cm³/mol. The zero-order valence-corrected chi connectivity index (χ0v) is 13.3. The minimum Gasteiger partial charge on any atom is -0.325 e. The minimum atomic E-state index is -3.27. The summed E-state index contributed by atoms with van der Waals surface area (Å²) in [5.74, 6) is -0.886. The van der Waals surface area contributed by atoms with Crippen molar-refractivity contribution in [2.45, 2.75) is 18.1 Å². The standard InChI is InChI=1S/C14H14N4O5S/c15-6-9-5-11(18(20)21)1-4-13(9)16-14(19)10-7-17(8-10)24(22,23)12-2-3-12/h1,4-5,10,12H,2-3,7-8H2,(H,16,19). The Morgan fingerprint density at radius 1 is 1.38 bits per heavy atom. The molecule has 126 valence electrons. The SMILES string of the molecule is N#Cc1cc([N+](=O)[O-])ccc1NC(=O)C1CN(S(=O)(=O)C2CC2)C1. The van der Waals surface area contributed by atoms with E-state index in [1.54, 1.807) is 6.07 Å². The van der Waals surface area contributed by atoms with Crippen LogP contribution >= 0.6 is 0 Å².